The van der Waals surface area contributed by atoms with E-state index >= 15 is 0 Å². The lowest BCUT2D eigenvalue weighted by Gasteiger charge is -2.11. The molecule has 0 unspecified atom stereocenters. The second kappa shape index (κ2) is 5.49. The summed E-state index contributed by atoms with van der Waals surface area (Å²) >= 11 is 3.00. The standard InChI is InChI=1S/C13H10BrF2NO2S/c1-8-6-9(14)11(16)7-12(8)17-20(18,19)13-5-3-2-4-10(13)15/h2-7,17H,1H3. The average Bonchev–Trinajstić information content (AvgIpc) is 2.36. The summed E-state index contributed by atoms with van der Waals surface area (Å²) in [7, 11) is -4.10. The fourth-order valence-electron chi connectivity index (χ4n) is 1.62. The molecule has 0 atom stereocenters. The number of aryl methyl sites for hydroxylation is 1. The van der Waals surface area contributed by atoms with Gasteiger partial charge >= 0.3 is 0 Å². The Hall–Kier alpha value is -1.47. The Kier molecular flexibility index (Phi) is 4.10. The lowest BCUT2D eigenvalue weighted by atomic mass is 10.2. The van der Waals surface area contributed by atoms with Crippen molar-refractivity contribution >= 4 is 31.6 Å². The zero-order valence-corrected chi connectivity index (χ0v) is 12.7. The summed E-state index contributed by atoms with van der Waals surface area (Å²) in [5, 5.41) is 0. The van der Waals surface area contributed by atoms with Crippen LogP contribution in [0.15, 0.2) is 45.8 Å². The van der Waals surface area contributed by atoms with E-state index in [1.54, 1.807) is 6.92 Å². The molecule has 0 saturated carbocycles. The molecule has 0 radical (unpaired) electrons. The number of hydrogen-bond donors (Lipinski definition) is 1. The van der Waals surface area contributed by atoms with Crippen LogP contribution in [-0.4, -0.2) is 8.42 Å². The first-order chi connectivity index (χ1) is 9.31. The molecule has 0 amide bonds. The maximum atomic E-state index is 13.5. The fraction of sp³-hybridized carbons (Fsp3) is 0.0769. The Morgan fingerprint density at radius 3 is 2.40 bits per heavy atom. The van der Waals surface area contributed by atoms with E-state index in [1.165, 1.54) is 18.2 Å². The largest absolute Gasteiger partial charge is 0.279 e. The van der Waals surface area contributed by atoms with Gasteiger partial charge in [0.2, 0.25) is 0 Å². The number of rotatable bonds is 3. The molecule has 106 valence electrons. The van der Waals surface area contributed by atoms with Crippen molar-refractivity contribution in [2.45, 2.75) is 11.8 Å². The third kappa shape index (κ3) is 2.99. The Balaban J connectivity index is 2.44. The predicted molar refractivity (Wildman–Crippen MR) is 76.0 cm³/mol. The number of sulfonamides is 1. The van der Waals surface area contributed by atoms with Crippen LogP contribution in [0, 0.1) is 18.6 Å². The van der Waals surface area contributed by atoms with Crippen molar-refractivity contribution in [3.63, 3.8) is 0 Å². The summed E-state index contributed by atoms with van der Waals surface area (Å²) in [4.78, 5) is -0.484. The quantitative estimate of drug-likeness (QED) is 0.902. The van der Waals surface area contributed by atoms with E-state index in [4.69, 9.17) is 0 Å². The van der Waals surface area contributed by atoms with Crippen LogP contribution in [0.1, 0.15) is 5.56 Å². The number of benzene rings is 2. The summed E-state index contributed by atoms with van der Waals surface area (Å²) < 4.78 is 53.6. The summed E-state index contributed by atoms with van der Waals surface area (Å²) in [6.07, 6.45) is 0. The van der Waals surface area contributed by atoms with Gasteiger partial charge in [-0.1, -0.05) is 12.1 Å². The van der Waals surface area contributed by atoms with Crippen LogP contribution in [0.4, 0.5) is 14.5 Å². The highest BCUT2D eigenvalue weighted by Gasteiger charge is 2.20. The molecular weight excluding hydrogens is 352 g/mol. The minimum absolute atomic E-state index is 0.0638. The lowest BCUT2D eigenvalue weighted by molar-refractivity contribution is 0.570. The molecule has 0 aliphatic rings. The predicted octanol–water partition coefficient (Wildman–Crippen LogP) is 3.84. The van der Waals surface area contributed by atoms with Crippen LogP contribution in [0.25, 0.3) is 0 Å². The van der Waals surface area contributed by atoms with Gasteiger partial charge in [-0.05, 0) is 52.7 Å². The fourth-order valence-corrected chi connectivity index (χ4v) is 3.28. The van der Waals surface area contributed by atoms with Crippen molar-refractivity contribution in [2.24, 2.45) is 0 Å². The van der Waals surface area contributed by atoms with E-state index in [-0.39, 0.29) is 10.2 Å². The Bertz CT molecular complexity index is 763. The van der Waals surface area contributed by atoms with Crippen LogP contribution in [0.3, 0.4) is 0 Å². The van der Waals surface area contributed by atoms with Gasteiger partial charge in [0.25, 0.3) is 10.0 Å². The zero-order chi connectivity index (χ0) is 14.9. The number of nitrogens with one attached hydrogen (secondary N) is 1. The number of halogens is 3. The first kappa shape index (κ1) is 14.9. The van der Waals surface area contributed by atoms with Gasteiger partial charge in [-0.2, -0.15) is 0 Å². The molecule has 0 aliphatic carbocycles. The Morgan fingerprint density at radius 1 is 1.10 bits per heavy atom. The van der Waals surface area contributed by atoms with Crippen molar-refractivity contribution < 1.29 is 17.2 Å². The van der Waals surface area contributed by atoms with Crippen LogP contribution in [0.5, 0.6) is 0 Å². The maximum absolute atomic E-state index is 13.5. The van der Waals surface area contributed by atoms with E-state index in [0.29, 0.717) is 5.56 Å². The molecule has 3 nitrogen and oxygen atoms in total. The highest BCUT2D eigenvalue weighted by Crippen LogP contribution is 2.26. The molecule has 0 spiro atoms. The Labute approximate surface area is 123 Å². The zero-order valence-electron chi connectivity index (χ0n) is 10.3. The normalized spacial score (nSPS) is 11.4. The van der Waals surface area contributed by atoms with Gasteiger partial charge in [-0.15, -0.1) is 0 Å². The summed E-state index contributed by atoms with van der Waals surface area (Å²) in [6.45, 7) is 1.61. The van der Waals surface area contributed by atoms with Crippen molar-refractivity contribution in [1.29, 1.82) is 0 Å². The second-order valence-corrected chi connectivity index (χ2v) is 6.62. The molecule has 0 heterocycles. The summed E-state index contributed by atoms with van der Waals surface area (Å²) in [5.74, 6) is -1.47. The number of hydrogen-bond acceptors (Lipinski definition) is 2. The van der Waals surface area contributed by atoms with Gasteiger partial charge in [-0.25, -0.2) is 17.2 Å². The van der Waals surface area contributed by atoms with Crippen LogP contribution < -0.4 is 4.72 Å². The molecular formula is C13H10BrF2NO2S. The third-order valence-corrected chi connectivity index (χ3v) is 4.64. The van der Waals surface area contributed by atoms with Crippen LogP contribution in [0.2, 0.25) is 0 Å². The average molecular weight is 362 g/mol. The summed E-state index contributed by atoms with van der Waals surface area (Å²) in [5.41, 5.74) is 0.576. The molecule has 2 rings (SSSR count). The van der Waals surface area contributed by atoms with E-state index in [0.717, 1.165) is 18.2 Å². The topological polar surface area (TPSA) is 46.2 Å². The van der Waals surface area contributed by atoms with E-state index in [2.05, 4.69) is 20.7 Å². The monoisotopic (exact) mass is 361 g/mol. The molecule has 1 N–H and O–H groups in total. The molecule has 0 bridgehead atoms. The van der Waals surface area contributed by atoms with Crippen molar-refractivity contribution in [1.82, 2.24) is 0 Å². The first-order valence-corrected chi connectivity index (χ1v) is 7.82. The van der Waals surface area contributed by atoms with Gasteiger partial charge in [0.05, 0.1) is 10.2 Å². The number of anilines is 1. The van der Waals surface area contributed by atoms with E-state index < -0.39 is 26.6 Å². The van der Waals surface area contributed by atoms with Gasteiger partial charge in [0.1, 0.15) is 16.5 Å². The highest BCUT2D eigenvalue weighted by atomic mass is 79.9. The molecule has 7 heteroatoms. The second-order valence-electron chi connectivity index (χ2n) is 4.12. The molecule has 20 heavy (non-hydrogen) atoms. The maximum Gasteiger partial charge on any atom is 0.264 e. The molecule has 0 fully saturated rings. The van der Waals surface area contributed by atoms with Crippen LogP contribution >= 0.6 is 15.9 Å². The Morgan fingerprint density at radius 2 is 1.75 bits per heavy atom. The lowest BCUT2D eigenvalue weighted by Crippen LogP contribution is -2.15. The van der Waals surface area contributed by atoms with Crippen molar-refractivity contribution in [3.05, 3.63) is 58.1 Å². The van der Waals surface area contributed by atoms with E-state index in [9.17, 15) is 17.2 Å². The SMILES string of the molecule is Cc1cc(Br)c(F)cc1NS(=O)(=O)c1ccccc1F. The van der Waals surface area contributed by atoms with E-state index in [1.807, 2.05) is 0 Å². The van der Waals surface area contributed by atoms with Gasteiger partial charge < -0.3 is 0 Å². The smallest absolute Gasteiger partial charge is 0.264 e. The van der Waals surface area contributed by atoms with Crippen molar-refractivity contribution in [2.75, 3.05) is 4.72 Å². The molecule has 0 saturated heterocycles. The molecule has 0 aliphatic heterocycles. The third-order valence-electron chi connectivity index (χ3n) is 2.64. The summed E-state index contributed by atoms with van der Waals surface area (Å²) in [6, 6.07) is 7.46. The first-order valence-electron chi connectivity index (χ1n) is 5.54. The van der Waals surface area contributed by atoms with Gasteiger partial charge in [0, 0.05) is 0 Å². The molecule has 2 aromatic rings. The molecule has 2 aromatic carbocycles. The van der Waals surface area contributed by atoms with Gasteiger partial charge in [0.15, 0.2) is 0 Å². The molecule has 0 aromatic heterocycles. The van der Waals surface area contributed by atoms with Crippen LogP contribution in [-0.2, 0) is 10.0 Å². The highest BCUT2D eigenvalue weighted by molar-refractivity contribution is 9.10. The minimum atomic E-state index is -4.10. The van der Waals surface area contributed by atoms with Crippen molar-refractivity contribution in [3.8, 4) is 0 Å². The minimum Gasteiger partial charge on any atom is -0.279 e. The van der Waals surface area contributed by atoms with Gasteiger partial charge in [-0.3, -0.25) is 4.72 Å².